The predicted molar refractivity (Wildman–Crippen MR) is 52.3 cm³/mol. The molecule has 0 radical (unpaired) electrons. The first-order valence-corrected chi connectivity index (χ1v) is 4.66. The predicted octanol–water partition coefficient (Wildman–Crippen LogP) is 1.90. The Labute approximate surface area is 92.1 Å². The molecule has 0 N–H and O–H groups in total. The largest absolute Gasteiger partial charge is 0.454 e. The Kier molecular flexibility index (Phi) is 2.31. The second-order valence-corrected chi connectivity index (χ2v) is 3.53. The van der Waals surface area contributed by atoms with Crippen LogP contribution in [-0.4, -0.2) is 18.0 Å². The van der Waals surface area contributed by atoms with E-state index >= 15 is 0 Å². The molecule has 15 heavy (non-hydrogen) atoms. The van der Waals surface area contributed by atoms with Crippen molar-refractivity contribution < 1.29 is 19.2 Å². The Balaban J connectivity index is 2.73. The van der Waals surface area contributed by atoms with Crippen molar-refractivity contribution in [2.24, 2.45) is 0 Å². The summed E-state index contributed by atoms with van der Waals surface area (Å²) in [4.78, 5) is 20.7. The maximum absolute atomic E-state index is 10.7. The van der Waals surface area contributed by atoms with Gasteiger partial charge in [-0.15, -0.1) is 0 Å². The summed E-state index contributed by atoms with van der Waals surface area (Å²) in [5, 5.41) is 10.7. The van der Waals surface area contributed by atoms with E-state index in [2.05, 4.69) is 15.9 Å². The van der Waals surface area contributed by atoms with Crippen LogP contribution in [0.2, 0.25) is 0 Å². The third-order valence-electron chi connectivity index (χ3n) is 1.92. The van der Waals surface area contributed by atoms with Crippen LogP contribution < -0.4 is 9.47 Å². The van der Waals surface area contributed by atoms with Gasteiger partial charge in [0.1, 0.15) is 4.47 Å². The van der Waals surface area contributed by atoms with Gasteiger partial charge in [-0.25, -0.2) is 0 Å². The number of nitro benzene ring substituents is 1. The first-order valence-electron chi connectivity index (χ1n) is 3.87. The van der Waals surface area contributed by atoms with Gasteiger partial charge >= 0.3 is 0 Å². The van der Waals surface area contributed by atoms with Crippen LogP contribution in [0.1, 0.15) is 10.4 Å². The third-order valence-corrected chi connectivity index (χ3v) is 2.65. The van der Waals surface area contributed by atoms with Gasteiger partial charge in [-0.3, -0.25) is 14.9 Å². The minimum atomic E-state index is -0.643. The molecule has 0 fully saturated rings. The zero-order chi connectivity index (χ0) is 11.0. The number of hydrogen-bond donors (Lipinski definition) is 0. The third kappa shape index (κ3) is 1.44. The molecule has 1 heterocycles. The Hall–Kier alpha value is -1.63. The lowest BCUT2D eigenvalue weighted by Gasteiger charge is -2.02. The van der Waals surface area contributed by atoms with Gasteiger partial charge in [-0.2, -0.15) is 0 Å². The Morgan fingerprint density at radius 1 is 1.53 bits per heavy atom. The van der Waals surface area contributed by atoms with Crippen molar-refractivity contribution in [1.29, 1.82) is 0 Å². The number of benzene rings is 1. The minimum Gasteiger partial charge on any atom is -0.454 e. The van der Waals surface area contributed by atoms with Gasteiger partial charge in [-0.1, -0.05) is 0 Å². The van der Waals surface area contributed by atoms with E-state index in [0.29, 0.717) is 12.0 Å². The van der Waals surface area contributed by atoms with Crippen LogP contribution >= 0.6 is 15.9 Å². The quantitative estimate of drug-likeness (QED) is 0.467. The van der Waals surface area contributed by atoms with Crippen molar-refractivity contribution in [3.8, 4) is 11.5 Å². The van der Waals surface area contributed by atoms with E-state index in [1.54, 1.807) is 0 Å². The zero-order valence-electron chi connectivity index (χ0n) is 7.23. The zero-order valence-corrected chi connectivity index (χ0v) is 8.81. The van der Waals surface area contributed by atoms with Crippen LogP contribution in [0.5, 0.6) is 11.5 Å². The average molecular weight is 274 g/mol. The van der Waals surface area contributed by atoms with E-state index in [9.17, 15) is 14.9 Å². The van der Waals surface area contributed by atoms with Gasteiger partial charge in [0.25, 0.3) is 5.69 Å². The highest BCUT2D eigenvalue weighted by molar-refractivity contribution is 9.10. The molecule has 7 heteroatoms. The summed E-state index contributed by atoms with van der Waals surface area (Å²) in [5.74, 6) is 0.585. The number of hydrogen-bond acceptors (Lipinski definition) is 5. The van der Waals surface area contributed by atoms with E-state index in [0.717, 1.165) is 0 Å². The summed E-state index contributed by atoms with van der Waals surface area (Å²) < 4.78 is 10.2. The first-order chi connectivity index (χ1) is 7.15. The standard InChI is InChI=1S/C8H4BrNO5/c9-6-7(10(12)13)4(2-11)1-5-8(6)15-3-14-5/h1-2H,3H2. The molecule has 78 valence electrons. The fourth-order valence-corrected chi connectivity index (χ4v) is 1.97. The molecule has 6 nitrogen and oxygen atoms in total. The molecule has 1 aliphatic heterocycles. The number of ether oxygens (including phenoxy) is 2. The number of nitro groups is 1. The number of carbonyl (C=O) groups excluding carboxylic acids is 1. The van der Waals surface area contributed by atoms with Gasteiger partial charge < -0.3 is 9.47 Å². The number of fused-ring (bicyclic) bond motifs is 1. The smallest absolute Gasteiger partial charge is 0.298 e. The summed E-state index contributed by atoms with van der Waals surface area (Å²) >= 11 is 3.02. The van der Waals surface area contributed by atoms with Gasteiger partial charge in [-0.05, 0) is 15.9 Å². The van der Waals surface area contributed by atoms with Crippen molar-refractivity contribution in [3.05, 3.63) is 26.2 Å². The van der Waals surface area contributed by atoms with Gasteiger partial charge in [0, 0.05) is 6.07 Å². The van der Waals surface area contributed by atoms with Crippen LogP contribution in [0.3, 0.4) is 0 Å². The lowest BCUT2D eigenvalue weighted by atomic mass is 10.2. The fraction of sp³-hybridized carbons (Fsp3) is 0.125. The lowest BCUT2D eigenvalue weighted by Crippen LogP contribution is -1.96. The van der Waals surface area contributed by atoms with E-state index < -0.39 is 4.92 Å². The molecule has 1 aromatic rings. The molecular weight excluding hydrogens is 270 g/mol. The summed E-state index contributed by atoms with van der Waals surface area (Å²) in [6.07, 6.45) is 0.408. The summed E-state index contributed by atoms with van der Waals surface area (Å²) in [7, 11) is 0. The molecule has 0 atom stereocenters. The summed E-state index contributed by atoms with van der Waals surface area (Å²) in [6, 6.07) is 1.29. The van der Waals surface area contributed by atoms with E-state index in [1.165, 1.54) is 6.07 Å². The molecule has 0 saturated carbocycles. The molecule has 1 aliphatic rings. The lowest BCUT2D eigenvalue weighted by molar-refractivity contribution is -0.385. The SMILES string of the molecule is O=Cc1cc2c(c(Br)c1[N+](=O)[O-])OCO2. The number of halogens is 1. The second kappa shape index (κ2) is 3.50. The Morgan fingerprint density at radius 3 is 2.87 bits per heavy atom. The van der Waals surface area contributed by atoms with E-state index in [1.807, 2.05) is 0 Å². The molecule has 2 rings (SSSR count). The Bertz CT molecular complexity index is 459. The van der Waals surface area contributed by atoms with E-state index in [-0.39, 0.29) is 28.3 Å². The normalized spacial score (nSPS) is 12.6. The molecule has 1 aromatic carbocycles. The van der Waals surface area contributed by atoms with Crippen LogP contribution in [0.15, 0.2) is 10.5 Å². The van der Waals surface area contributed by atoms with Crippen molar-refractivity contribution in [2.45, 2.75) is 0 Å². The monoisotopic (exact) mass is 273 g/mol. The maximum atomic E-state index is 10.7. The molecule has 0 aliphatic carbocycles. The first kappa shape index (κ1) is 9.91. The van der Waals surface area contributed by atoms with Crippen LogP contribution in [0, 0.1) is 10.1 Å². The molecule has 0 spiro atoms. The van der Waals surface area contributed by atoms with Crippen molar-refractivity contribution in [1.82, 2.24) is 0 Å². The maximum Gasteiger partial charge on any atom is 0.298 e. The number of aldehydes is 1. The van der Waals surface area contributed by atoms with Gasteiger partial charge in [0.15, 0.2) is 17.8 Å². The highest BCUT2D eigenvalue weighted by Gasteiger charge is 2.29. The van der Waals surface area contributed by atoms with Gasteiger partial charge in [0.05, 0.1) is 10.5 Å². The van der Waals surface area contributed by atoms with Crippen LogP contribution in [0.25, 0.3) is 0 Å². The average Bonchev–Trinajstić information content (AvgIpc) is 2.64. The van der Waals surface area contributed by atoms with E-state index in [4.69, 9.17) is 9.47 Å². The molecule has 0 saturated heterocycles. The van der Waals surface area contributed by atoms with Crippen molar-refractivity contribution >= 4 is 27.9 Å². The number of rotatable bonds is 2. The van der Waals surface area contributed by atoms with Crippen LogP contribution in [0.4, 0.5) is 5.69 Å². The summed E-state index contributed by atoms with van der Waals surface area (Å²) in [6.45, 7) is -0.00655. The summed E-state index contributed by atoms with van der Waals surface area (Å²) in [5.41, 5.74) is -0.356. The molecular formula is C8H4BrNO5. The van der Waals surface area contributed by atoms with Crippen molar-refractivity contribution in [3.63, 3.8) is 0 Å². The topological polar surface area (TPSA) is 78.7 Å². The minimum absolute atomic E-state index is 0.00655. The molecule has 0 aromatic heterocycles. The van der Waals surface area contributed by atoms with Crippen LogP contribution in [-0.2, 0) is 0 Å². The molecule has 0 bridgehead atoms. The van der Waals surface area contributed by atoms with Crippen molar-refractivity contribution in [2.75, 3.05) is 6.79 Å². The fourth-order valence-electron chi connectivity index (χ4n) is 1.29. The molecule has 0 unspecified atom stereocenters. The van der Waals surface area contributed by atoms with Gasteiger partial charge in [0.2, 0.25) is 6.79 Å². The molecule has 0 amide bonds. The number of carbonyl (C=O) groups is 1. The highest BCUT2D eigenvalue weighted by Crippen LogP contribution is 2.45. The Morgan fingerprint density at radius 2 is 2.27 bits per heavy atom. The number of nitrogens with zero attached hydrogens (tertiary/aromatic N) is 1. The second-order valence-electron chi connectivity index (χ2n) is 2.74. The highest BCUT2D eigenvalue weighted by atomic mass is 79.9.